The maximum absolute atomic E-state index is 12.8. The molecule has 1 aliphatic carbocycles. The van der Waals surface area contributed by atoms with E-state index in [2.05, 4.69) is 15.2 Å². The van der Waals surface area contributed by atoms with Crippen molar-refractivity contribution in [2.45, 2.75) is 50.8 Å². The first-order valence-corrected chi connectivity index (χ1v) is 9.33. The number of ether oxygens (including phenoxy) is 1. The molecule has 3 atom stereocenters. The maximum Gasteiger partial charge on any atom is 0.223 e. The van der Waals surface area contributed by atoms with Crippen molar-refractivity contribution in [1.82, 2.24) is 15.2 Å². The van der Waals surface area contributed by atoms with Crippen molar-refractivity contribution >= 4 is 5.91 Å². The molecule has 2 saturated heterocycles. The molecule has 0 bridgehead atoms. The molecule has 0 aromatic carbocycles. The lowest BCUT2D eigenvalue weighted by molar-refractivity contribution is -0.144. The molecule has 1 amide bonds. The summed E-state index contributed by atoms with van der Waals surface area (Å²) in [6.07, 6.45) is 9.78. The molecule has 3 fully saturated rings. The van der Waals surface area contributed by atoms with Crippen LogP contribution >= 0.6 is 0 Å². The highest BCUT2D eigenvalue weighted by Gasteiger charge is 2.43. The first kappa shape index (κ1) is 16.0. The lowest BCUT2D eigenvalue weighted by atomic mass is 9.77. The predicted molar refractivity (Wildman–Crippen MR) is 91.2 cm³/mol. The minimum absolute atomic E-state index is 0.0864. The van der Waals surface area contributed by atoms with Crippen LogP contribution in [-0.2, 0) is 16.1 Å². The van der Waals surface area contributed by atoms with Gasteiger partial charge in [0.2, 0.25) is 5.91 Å². The second-order valence-corrected chi connectivity index (χ2v) is 7.42. The van der Waals surface area contributed by atoms with E-state index in [0.717, 1.165) is 44.1 Å². The Bertz CT molecular complexity index is 561. The number of pyridine rings is 1. The van der Waals surface area contributed by atoms with Crippen LogP contribution in [0, 0.1) is 11.8 Å². The lowest BCUT2D eigenvalue weighted by Gasteiger charge is -2.48. The van der Waals surface area contributed by atoms with Crippen molar-refractivity contribution in [3.63, 3.8) is 0 Å². The highest BCUT2D eigenvalue weighted by atomic mass is 16.5. The van der Waals surface area contributed by atoms with Crippen molar-refractivity contribution in [3.8, 4) is 0 Å². The molecule has 0 unspecified atom stereocenters. The summed E-state index contributed by atoms with van der Waals surface area (Å²) in [5, 5.41) is 3.12. The third-order valence-electron chi connectivity index (χ3n) is 6.02. The van der Waals surface area contributed by atoms with Crippen molar-refractivity contribution in [2.24, 2.45) is 11.8 Å². The number of aromatic nitrogens is 1. The molecule has 1 saturated carbocycles. The standard InChI is InChI=1S/C19H27N3O2/c23-19(21-12-14-3-2-8-20-11-14)16-7-10-24-18-6-9-22(13-17(16)18)15-4-1-5-15/h2-3,8,11,15-18H,1,4-7,9-10,12-13H2,(H,21,23)/t16-,17+,18-/m1/s1. The number of carbonyl (C=O) groups is 1. The monoisotopic (exact) mass is 329 g/mol. The fraction of sp³-hybridized carbons (Fsp3) is 0.684. The first-order valence-electron chi connectivity index (χ1n) is 9.33. The van der Waals surface area contributed by atoms with E-state index in [-0.39, 0.29) is 17.9 Å². The lowest BCUT2D eigenvalue weighted by Crippen LogP contribution is -2.56. The van der Waals surface area contributed by atoms with E-state index < -0.39 is 0 Å². The van der Waals surface area contributed by atoms with Crippen molar-refractivity contribution in [1.29, 1.82) is 0 Å². The Hall–Kier alpha value is -1.46. The number of hydrogen-bond acceptors (Lipinski definition) is 4. The summed E-state index contributed by atoms with van der Waals surface area (Å²) in [7, 11) is 0. The molecule has 3 heterocycles. The van der Waals surface area contributed by atoms with Gasteiger partial charge < -0.3 is 10.1 Å². The largest absolute Gasteiger partial charge is 0.378 e. The Labute approximate surface area is 143 Å². The highest BCUT2D eigenvalue weighted by molar-refractivity contribution is 5.79. The summed E-state index contributed by atoms with van der Waals surface area (Å²) >= 11 is 0. The van der Waals surface area contributed by atoms with Gasteiger partial charge in [-0.1, -0.05) is 12.5 Å². The van der Waals surface area contributed by atoms with Crippen LogP contribution in [0.4, 0.5) is 0 Å². The molecule has 24 heavy (non-hydrogen) atoms. The van der Waals surface area contributed by atoms with Gasteiger partial charge in [-0.05, 0) is 37.3 Å². The van der Waals surface area contributed by atoms with E-state index in [4.69, 9.17) is 4.74 Å². The Morgan fingerprint density at radius 2 is 2.25 bits per heavy atom. The van der Waals surface area contributed by atoms with E-state index in [0.29, 0.717) is 12.5 Å². The molecule has 1 aromatic heterocycles. The molecular weight excluding hydrogens is 302 g/mol. The number of rotatable bonds is 4. The molecule has 2 aliphatic heterocycles. The minimum Gasteiger partial charge on any atom is -0.378 e. The summed E-state index contributed by atoms with van der Waals surface area (Å²) < 4.78 is 5.99. The smallest absolute Gasteiger partial charge is 0.223 e. The van der Waals surface area contributed by atoms with Crippen molar-refractivity contribution in [2.75, 3.05) is 19.7 Å². The molecule has 3 aliphatic rings. The van der Waals surface area contributed by atoms with Gasteiger partial charge in [0.15, 0.2) is 0 Å². The molecule has 1 aromatic rings. The highest BCUT2D eigenvalue weighted by Crippen LogP contribution is 2.36. The van der Waals surface area contributed by atoms with Gasteiger partial charge in [0.1, 0.15) is 0 Å². The minimum atomic E-state index is 0.0864. The number of amides is 1. The Kier molecular flexibility index (Phi) is 4.81. The topological polar surface area (TPSA) is 54.5 Å². The van der Waals surface area contributed by atoms with Crippen LogP contribution in [0.1, 0.15) is 37.7 Å². The summed E-state index contributed by atoms with van der Waals surface area (Å²) in [6.45, 7) is 3.44. The number of nitrogens with one attached hydrogen (secondary N) is 1. The number of hydrogen-bond donors (Lipinski definition) is 1. The van der Waals surface area contributed by atoms with Gasteiger partial charge in [-0.15, -0.1) is 0 Å². The molecular formula is C19H27N3O2. The summed E-state index contributed by atoms with van der Waals surface area (Å²) in [5.74, 6) is 0.623. The van der Waals surface area contributed by atoms with Crippen LogP contribution in [0.5, 0.6) is 0 Å². The van der Waals surface area contributed by atoms with Crippen LogP contribution < -0.4 is 5.32 Å². The first-order chi connectivity index (χ1) is 11.8. The Balaban J connectivity index is 1.38. The Morgan fingerprint density at radius 1 is 1.33 bits per heavy atom. The van der Waals surface area contributed by atoms with Crippen LogP contribution in [-0.4, -0.2) is 47.6 Å². The molecule has 4 rings (SSSR count). The van der Waals surface area contributed by atoms with Crippen LogP contribution in [0.3, 0.4) is 0 Å². The van der Waals surface area contributed by atoms with E-state index in [1.54, 1.807) is 6.20 Å². The van der Waals surface area contributed by atoms with Gasteiger partial charge in [-0.2, -0.15) is 0 Å². The maximum atomic E-state index is 12.8. The number of carbonyl (C=O) groups excluding carboxylic acids is 1. The SMILES string of the molecule is O=C(NCc1cccnc1)[C@@H]1CCO[C@@H]2CCN(C3CCC3)C[C@H]21. The third kappa shape index (κ3) is 3.33. The second-order valence-electron chi connectivity index (χ2n) is 7.42. The van der Waals surface area contributed by atoms with E-state index >= 15 is 0 Å². The molecule has 5 heteroatoms. The van der Waals surface area contributed by atoms with Gasteiger partial charge in [-0.25, -0.2) is 0 Å². The van der Waals surface area contributed by atoms with Gasteiger partial charge in [-0.3, -0.25) is 14.7 Å². The van der Waals surface area contributed by atoms with Gasteiger partial charge in [0, 0.05) is 56.5 Å². The normalized spacial score (nSPS) is 31.1. The fourth-order valence-corrected chi connectivity index (χ4v) is 4.37. The quantitative estimate of drug-likeness (QED) is 0.918. The summed E-state index contributed by atoms with van der Waals surface area (Å²) in [6, 6.07) is 4.66. The van der Waals surface area contributed by atoms with Crippen LogP contribution in [0.2, 0.25) is 0 Å². The summed E-state index contributed by atoms with van der Waals surface area (Å²) in [4.78, 5) is 19.5. The zero-order valence-electron chi connectivity index (χ0n) is 14.2. The van der Waals surface area contributed by atoms with Gasteiger partial charge >= 0.3 is 0 Å². The Morgan fingerprint density at radius 3 is 3.00 bits per heavy atom. The zero-order chi connectivity index (χ0) is 16.4. The average molecular weight is 329 g/mol. The van der Waals surface area contributed by atoms with Crippen molar-refractivity contribution in [3.05, 3.63) is 30.1 Å². The van der Waals surface area contributed by atoms with Crippen molar-refractivity contribution < 1.29 is 9.53 Å². The third-order valence-corrected chi connectivity index (χ3v) is 6.02. The average Bonchev–Trinajstić information content (AvgIpc) is 2.58. The molecule has 1 N–H and O–H groups in total. The number of fused-ring (bicyclic) bond motifs is 1. The molecule has 0 spiro atoms. The molecule has 130 valence electrons. The van der Waals surface area contributed by atoms with E-state index in [9.17, 15) is 4.79 Å². The van der Waals surface area contributed by atoms with Gasteiger partial charge in [0.05, 0.1) is 6.10 Å². The predicted octanol–water partition coefficient (Wildman–Crippen LogP) is 1.98. The van der Waals surface area contributed by atoms with E-state index in [1.165, 1.54) is 19.3 Å². The van der Waals surface area contributed by atoms with Gasteiger partial charge in [0.25, 0.3) is 0 Å². The number of nitrogens with zero attached hydrogens (tertiary/aromatic N) is 2. The summed E-state index contributed by atoms with van der Waals surface area (Å²) in [5.41, 5.74) is 1.05. The van der Waals surface area contributed by atoms with Crippen LogP contribution in [0.15, 0.2) is 24.5 Å². The molecule has 0 radical (unpaired) electrons. The molecule has 5 nitrogen and oxygen atoms in total. The van der Waals surface area contributed by atoms with E-state index in [1.807, 2.05) is 18.3 Å². The number of piperidine rings is 1. The number of likely N-dealkylation sites (tertiary alicyclic amines) is 1. The zero-order valence-corrected chi connectivity index (χ0v) is 14.2. The second kappa shape index (κ2) is 7.19. The fourth-order valence-electron chi connectivity index (χ4n) is 4.37. The van der Waals surface area contributed by atoms with Crippen LogP contribution in [0.25, 0.3) is 0 Å².